The number of amides is 1. The first-order chi connectivity index (χ1) is 9.16. The molecule has 0 bridgehead atoms. The van der Waals surface area contributed by atoms with Gasteiger partial charge in [-0.25, -0.2) is 4.39 Å². The van der Waals surface area contributed by atoms with E-state index < -0.39 is 0 Å². The summed E-state index contributed by atoms with van der Waals surface area (Å²) in [4.78, 5) is 15.0. The summed E-state index contributed by atoms with van der Waals surface area (Å²) in [5, 5.41) is 2.06. The Morgan fingerprint density at radius 2 is 2.05 bits per heavy atom. The summed E-state index contributed by atoms with van der Waals surface area (Å²) in [6, 6.07) is 8.44. The summed E-state index contributed by atoms with van der Waals surface area (Å²) in [5.74, 6) is -0.189. The Bertz CT molecular complexity index is 605. The molecule has 0 spiro atoms. The second kappa shape index (κ2) is 4.78. The van der Waals surface area contributed by atoms with E-state index >= 15 is 0 Å². The van der Waals surface area contributed by atoms with Crippen LogP contribution in [-0.4, -0.2) is 17.4 Å². The van der Waals surface area contributed by atoms with E-state index in [1.54, 1.807) is 30.4 Å². The lowest BCUT2D eigenvalue weighted by Gasteiger charge is -2.35. The summed E-state index contributed by atoms with van der Waals surface area (Å²) < 4.78 is 13.1. The Morgan fingerprint density at radius 1 is 1.32 bits per heavy atom. The molecule has 19 heavy (non-hydrogen) atoms. The highest BCUT2D eigenvalue weighted by atomic mass is 32.1. The summed E-state index contributed by atoms with van der Waals surface area (Å²) >= 11 is 1.73. The Balaban J connectivity index is 2.08. The van der Waals surface area contributed by atoms with Gasteiger partial charge in [0, 0.05) is 18.3 Å². The number of hydrogen-bond donors (Lipinski definition) is 0. The SMILES string of the molecule is CC(=O)N1CCc2sccc2[C@H]1c1ccc(F)cc1. The molecule has 2 nitrogen and oxygen atoms in total. The predicted molar refractivity (Wildman–Crippen MR) is 73.7 cm³/mol. The maximum absolute atomic E-state index is 13.1. The van der Waals surface area contributed by atoms with Crippen LogP contribution in [0.2, 0.25) is 0 Å². The highest BCUT2D eigenvalue weighted by molar-refractivity contribution is 7.10. The predicted octanol–water partition coefficient (Wildman–Crippen LogP) is 3.38. The highest BCUT2D eigenvalue weighted by Crippen LogP contribution is 2.37. The first-order valence-corrected chi connectivity index (χ1v) is 7.13. The van der Waals surface area contributed by atoms with Crippen molar-refractivity contribution in [2.24, 2.45) is 0 Å². The number of halogens is 1. The minimum absolute atomic E-state index is 0.0613. The molecule has 2 heterocycles. The van der Waals surface area contributed by atoms with Crippen LogP contribution < -0.4 is 0 Å². The number of rotatable bonds is 1. The second-order valence-electron chi connectivity index (χ2n) is 4.72. The van der Waals surface area contributed by atoms with Crippen molar-refractivity contribution in [3.8, 4) is 0 Å². The Hall–Kier alpha value is -1.68. The molecule has 0 fully saturated rings. The van der Waals surface area contributed by atoms with Crippen LogP contribution in [0.15, 0.2) is 35.7 Å². The van der Waals surface area contributed by atoms with E-state index in [1.165, 1.54) is 22.6 Å². The Labute approximate surface area is 115 Å². The molecule has 0 N–H and O–H groups in total. The zero-order chi connectivity index (χ0) is 13.4. The van der Waals surface area contributed by atoms with Gasteiger partial charge in [0.25, 0.3) is 0 Å². The van der Waals surface area contributed by atoms with Gasteiger partial charge in [-0.15, -0.1) is 11.3 Å². The van der Waals surface area contributed by atoms with Crippen LogP contribution in [-0.2, 0) is 11.2 Å². The van der Waals surface area contributed by atoms with E-state index in [1.807, 2.05) is 4.90 Å². The van der Waals surface area contributed by atoms with Crippen LogP contribution in [0.1, 0.15) is 29.0 Å². The van der Waals surface area contributed by atoms with E-state index in [4.69, 9.17) is 0 Å². The third-order valence-electron chi connectivity index (χ3n) is 3.56. The topological polar surface area (TPSA) is 20.3 Å². The van der Waals surface area contributed by atoms with Crippen molar-refractivity contribution in [3.05, 3.63) is 57.5 Å². The molecular formula is C15H14FNOS. The van der Waals surface area contributed by atoms with E-state index in [2.05, 4.69) is 11.4 Å². The molecule has 0 radical (unpaired) electrons. The van der Waals surface area contributed by atoms with Crippen LogP contribution in [0.4, 0.5) is 4.39 Å². The molecule has 0 aliphatic carbocycles. The van der Waals surface area contributed by atoms with Gasteiger partial charge in [-0.2, -0.15) is 0 Å². The van der Waals surface area contributed by atoms with Crippen molar-refractivity contribution < 1.29 is 9.18 Å². The van der Waals surface area contributed by atoms with E-state index in [0.717, 1.165) is 18.5 Å². The van der Waals surface area contributed by atoms with Gasteiger partial charge in [-0.1, -0.05) is 12.1 Å². The fourth-order valence-electron chi connectivity index (χ4n) is 2.66. The van der Waals surface area contributed by atoms with Crippen molar-refractivity contribution in [1.29, 1.82) is 0 Å². The zero-order valence-corrected chi connectivity index (χ0v) is 11.4. The molecule has 98 valence electrons. The van der Waals surface area contributed by atoms with Crippen molar-refractivity contribution in [3.63, 3.8) is 0 Å². The van der Waals surface area contributed by atoms with E-state index in [9.17, 15) is 9.18 Å². The van der Waals surface area contributed by atoms with Crippen LogP contribution in [0.5, 0.6) is 0 Å². The fourth-order valence-corrected chi connectivity index (χ4v) is 3.56. The number of nitrogens with zero attached hydrogens (tertiary/aromatic N) is 1. The van der Waals surface area contributed by atoms with Crippen molar-refractivity contribution in [1.82, 2.24) is 4.90 Å². The van der Waals surface area contributed by atoms with Crippen molar-refractivity contribution in [2.45, 2.75) is 19.4 Å². The lowest BCUT2D eigenvalue weighted by atomic mass is 9.93. The molecule has 1 aromatic carbocycles. The molecule has 1 aliphatic rings. The molecule has 0 saturated carbocycles. The number of carbonyl (C=O) groups is 1. The molecule has 1 aromatic heterocycles. The fraction of sp³-hybridized carbons (Fsp3) is 0.267. The Morgan fingerprint density at radius 3 is 2.74 bits per heavy atom. The van der Waals surface area contributed by atoms with Gasteiger partial charge < -0.3 is 4.90 Å². The summed E-state index contributed by atoms with van der Waals surface area (Å²) in [7, 11) is 0. The maximum atomic E-state index is 13.1. The zero-order valence-electron chi connectivity index (χ0n) is 10.6. The largest absolute Gasteiger partial charge is 0.331 e. The maximum Gasteiger partial charge on any atom is 0.220 e. The quantitative estimate of drug-likeness (QED) is 0.781. The van der Waals surface area contributed by atoms with Crippen LogP contribution in [0, 0.1) is 5.82 Å². The van der Waals surface area contributed by atoms with Crippen LogP contribution in [0.3, 0.4) is 0 Å². The number of hydrogen-bond acceptors (Lipinski definition) is 2. The molecule has 0 saturated heterocycles. The third kappa shape index (κ3) is 2.16. The van der Waals surface area contributed by atoms with Crippen LogP contribution >= 0.6 is 11.3 Å². The molecule has 1 atom stereocenters. The van der Waals surface area contributed by atoms with Crippen molar-refractivity contribution in [2.75, 3.05) is 6.54 Å². The molecule has 2 aromatic rings. The van der Waals surface area contributed by atoms with Gasteiger partial charge in [0.15, 0.2) is 0 Å². The monoisotopic (exact) mass is 275 g/mol. The average molecular weight is 275 g/mol. The molecular weight excluding hydrogens is 261 g/mol. The third-order valence-corrected chi connectivity index (χ3v) is 4.55. The molecule has 4 heteroatoms. The van der Waals surface area contributed by atoms with Crippen LogP contribution in [0.25, 0.3) is 0 Å². The lowest BCUT2D eigenvalue weighted by Crippen LogP contribution is -2.38. The van der Waals surface area contributed by atoms with Gasteiger partial charge in [0.05, 0.1) is 6.04 Å². The average Bonchev–Trinajstić information content (AvgIpc) is 2.86. The molecule has 3 rings (SSSR count). The summed E-state index contributed by atoms with van der Waals surface area (Å²) in [5.41, 5.74) is 2.15. The number of carbonyl (C=O) groups excluding carboxylic acids is 1. The van der Waals surface area contributed by atoms with E-state index in [0.29, 0.717) is 0 Å². The minimum atomic E-state index is -0.250. The molecule has 1 amide bonds. The number of fused-ring (bicyclic) bond motifs is 1. The smallest absolute Gasteiger partial charge is 0.220 e. The van der Waals surface area contributed by atoms with Gasteiger partial charge in [-0.05, 0) is 41.1 Å². The standard InChI is InChI=1S/C15H14FNOS/c1-10(18)17-8-6-14-13(7-9-19-14)15(17)11-2-4-12(16)5-3-11/h2-5,7,9,15H,6,8H2,1H3/t15-/m1/s1. The summed E-state index contributed by atoms with van der Waals surface area (Å²) in [6.07, 6.45) is 0.907. The lowest BCUT2D eigenvalue weighted by molar-refractivity contribution is -0.130. The first kappa shape index (κ1) is 12.4. The van der Waals surface area contributed by atoms with E-state index in [-0.39, 0.29) is 17.8 Å². The Kier molecular flexibility index (Phi) is 3.11. The van der Waals surface area contributed by atoms with Gasteiger partial charge in [0.1, 0.15) is 5.82 Å². The second-order valence-corrected chi connectivity index (χ2v) is 5.72. The van der Waals surface area contributed by atoms with Gasteiger partial charge >= 0.3 is 0 Å². The molecule has 1 aliphatic heterocycles. The normalized spacial score (nSPS) is 18.2. The van der Waals surface area contributed by atoms with Crippen molar-refractivity contribution >= 4 is 17.2 Å². The number of benzene rings is 1. The van der Waals surface area contributed by atoms with Gasteiger partial charge in [0.2, 0.25) is 5.91 Å². The molecule has 0 unspecified atom stereocenters. The highest BCUT2D eigenvalue weighted by Gasteiger charge is 2.30. The minimum Gasteiger partial charge on any atom is -0.331 e. The van der Waals surface area contributed by atoms with Gasteiger partial charge in [-0.3, -0.25) is 4.79 Å². The first-order valence-electron chi connectivity index (χ1n) is 6.26. The number of thiophene rings is 1. The summed E-state index contributed by atoms with van der Waals surface area (Å²) in [6.45, 7) is 2.32.